The molecule has 0 aliphatic rings. The number of aliphatic carboxylic acids is 1. The van der Waals surface area contributed by atoms with Crippen LogP contribution in [-0.4, -0.2) is 21.9 Å². The van der Waals surface area contributed by atoms with E-state index in [1.165, 1.54) is 18.2 Å². The SMILES string of the molecule is O=C(O)/C=C\C(=O)NNc1ccccc1[N+](=O)[O-]. The predicted molar refractivity (Wildman–Crippen MR) is 61.6 cm³/mol. The van der Waals surface area contributed by atoms with Crippen LogP contribution < -0.4 is 10.9 Å². The number of amides is 1. The first-order valence-corrected chi connectivity index (χ1v) is 4.71. The molecule has 1 aromatic carbocycles. The van der Waals surface area contributed by atoms with Gasteiger partial charge < -0.3 is 5.11 Å². The molecular weight excluding hydrogens is 242 g/mol. The number of nitro benzene ring substituents is 1. The summed E-state index contributed by atoms with van der Waals surface area (Å²) in [5.74, 6) is -2.01. The number of carboxylic acid groups (broad SMARTS) is 1. The van der Waals surface area contributed by atoms with Gasteiger partial charge >= 0.3 is 5.97 Å². The van der Waals surface area contributed by atoms with Crippen LogP contribution in [0.5, 0.6) is 0 Å². The molecule has 1 amide bonds. The van der Waals surface area contributed by atoms with Crippen molar-refractivity contribution >= 4 is 23.3 Å². The molecule has 0 spiro atoms. The van der Waals surface area contributed by atoms with E-state index in [0.717, 1.165) is 6.08 Å². The van der Waals surface area contributed by atoms with E-state index in [4.69, 9.17) is 5.11 Å². The van der Waals surface area contributed by atoms with Gasteiger partial charge in [0.2, 0.25) is 0 Å². The summed E-state index contributed by atoms with van der Waals surface area (Å²) in [5, 5.41) is 18.9. The van der Waals surface area contributed by atoms with Crippen LogP contribution in [0, 0.1) is 10.1 Å². The monoisotopic (exact) mass is 251 g/mol. The summed E-state index contributed by atoms with van der Waals surface area (Å²) in [6.45, 7) is 0. The molecule has 0 aromatic heterocycles. The lowest BCUT2D eigenvalue weighted by Crippen LogP contribution is -2.28. The molecule has 8 nitrogen and oxygen atoms in total. The predicted octanol–water partition coefficient (Wildman–Crippen LogP) is 0.679. The van der Waals surface area contributed by atoms with E-state index in [9.17, 15) is 19.7 Å². The second-order valence-corrected chi connectivity index (χ2v) is 3.06. The van der Waals surface area contributed by atoms with Crippen LogP contribution in [0.4, 0.5) is 11.4 Å². The van der Waals surface area contributed by atoms with E-state index < -0.39 is 16.8 Å². The highest BCUT2D eigenvalue weighted by Crippen LogP contribution is 2.21. The molecule has 1 rings (SSSR count). The molecule has 0 radical (unpaired) electrons. The molecule has 18 heavy (non-hydrogen) atoms. The van der Waals surface area contributed by atoms with Crippen LogP contribution in [-0.2, 0) is 9.59 Å². The fraction of sp³-hybridized carbons (Fsp3) is 0. The number of para-hydroxylation sites is 2. The van der Waals surface area contributed by atoms with Crippen molar-refractivity contribution in [1.82, 2.24) is 5.43 Å². The van der Waals surface area contributed by atoms with E-state index >= 15 is 0 Å². The third-order valence-electron chi connectivity index (χ3n) is 1.80. The van der Waals surface area contributed by atoms with Crippen molar-refractivity contribution in [3.8, 4) is 0 Å². The Hall–Kier alpha value is -2.90. The summed E-state index contributed by atoms with van der Waals surface area (Å²) < 4.78 is 0. The molecule has 8 heteroatoms. The molecule has 0 unspecified atom stereocenters. The number of benzene rings is 1. The van der Waals surface area contributed by atoms with E-state index in [1.54, 1.807) is 6.07 Å². The Labute approximate surface area is 101 Å². The fourth-order valence-electron chi connectivity index (χ4n) is 1.06. The van der Waals surface area contributed by atoms with Crippen LogP contribution in [0.15, 0.2) is 36.4 Å². The molecule has 0 aliphatic carbocycles. The Bertz CT molecular complexity index is 512. The lowest BCUT2D eigenvalue weighted by molar-refractivity contribution is -0.384. The Morgan fingerprint density at radius 3 is 2.56 bits per heavy atom. The fourth-order valence-corrected chi connectivity index (χ4v) is 1.06. The largest absolute Gasteiger partial charge is 0.478 e. The van der Waals surface area contributed by atoms with Crippen molar-refractivity contribution in [1.29, 1.82) is 0 Å². The number of hydrazine groups is 1. The van der Waals surface area contributed by atoms with Crippen molar-refractivity contribution < 1.29 is 19.6 Å². The van der Waals surface area contributed by atoms with Crippen molar-refractivity contribution in [2.45, 2.75) is 0 Å². The molecule has 0 fully saturated rings. The molecule has 0 heterocycles. The smallest absolute Gasteiger partial charge is 0.328 e. The number of carboxylic acids is 1. The third kappa shape index (κ3) is 3.93. The first-order valence-electron chi connectivity index (χ1n) is 4.71. The highest BCUT2D eigenvalue weighted by atomic mass is 16.6. The molecular formula is C10H9N3O5. The van der Waals surface area contributed by atoms with E-state index in [1.807, 2.05) is 0 Å². The van der Waals surface area contributed by atoms with Gasteiger partial charge in [0, 0.05) is 18.2 Å². The maximum atomic E-state index is 11.1. The minimum Gasteiger partial charge on any atom is -0.478 e. The standard InChI is InChI=1S/C10H9N3O5/c14-9(5-6-10(15)16)12-11-7-3-1-2-4-8(7)13(17)18/h1-6,11H,(H,12,14)(H,15,16)/b6-5-. The number of hydrogen-bond donors (Lipinski definition) is 3. The van der Waals surface area contributed by atoms with Gasteiger partial charge in [-0.3, -0.25) is 25.8 Å². The van der Waals surface area contributed by atoms with Crippen molar-refractivity contribution in [3.63, 3.8) is 0 Å². The first-order chi connectivity index (χ1) is 8.50. The normalized spacial score (nSPS) is 10.0. The Kier molecular flexibility index (Phi) is 4.38. The van der Waals surface area contributed by atoms with Gasteiger partial charge in [-0.2, -0.15) is 0 Å². The molecule has 3 N–H and O–H groups in total. The number of anilines is 1. The lowest BCUT2D eigenvalue weighted by atomic mass is 10.3. The van der Waals surface area contributed by atoms with E-state index in [2.05, 4.69) is 10.9 Å². The molecule has 94 valence electrons. The van der Waals surface area contributed by atoms with Crippen molar-refractivity contribution in [2.24, 2.45) is 0 Å². The zero-order chi connectivity index (χ0) is 13.5. The third-order valence-corrected chi connectivity index (χ3v) is 1.80. The lowest BCUT2D eigenvalue weighted by Gasteiger charge is -2.06. The second-order valence-electron chi connectivity index (χ2n) is 3.06. The summed E-state index contributed by atoms with van der Waals surface area (Å²) in [5.41, 5.74) is 4.33. The minimum absolute atomic E-state index is 0.0968. The van der Waals surface area contributed by atoms with Gasteiger partial charge in [-0.25, -0.2) is 4.79 Å². The highest BCUT2D eigenvalue weighted by Gasteiger charge is 2.11. The van der Waals surface area contributed by atoms with E-state index in [0.29, 0.717) is 6.08 Å². The Balaban J connectivity index is 2.67. The summed E-state index contributed by atoms with van der Waals surface area (Å²) in [7, 11) is 0. The number of nitrogens with one attached hydrogen (secondary N) is 2. The molecule has 0 saturated heterocycles. The van der Waals surface area contributed by atoms with Gasteiger partial charge in [0.05, 0.1) is 4.92 Å². The molecule has 0 bridgehead atoms. The number of nitro groups is 1. The van der Waals surface area contributed by atoms with Gasteiger partial charge in [0.1, 0.15) is 5.69 Å². The van der Waals surface area contributed by atoms with Gasteiger partial charge in [0.15, 0.2) is 0 Å². The number of carbonyl (C=O) groups excluding carboxylic acids is 1. The number of carbonyl (C=O) groups is 2. The number of rotatable bonds is 5. The zero-order valence-electron chi connectivity index (χ0n) is 8.99. The van der Waals surface area contributed by atoms with Gasteiger partial charge in [-0.1, -0.05) is 12.1 Å². The number of hydrogen-bond acceptors (Lipinski definition) is 5. The van der Waals surface area contributed by atoms with Crippen LogP contribution in [0.2, 0.25) is 0 Å². The quantitative estimate of drug-likeness (QED) is 0.402. The van der Waals surface area contributed by atoms with Crippen LogP contribution in [0.25, 0.3) is 0 Å². The summed E-state index contributed by atoms with van der Waals surface area (Å²) in [6.07, 6.45) is 1.43. The van der Waals surface area contributed by atoms with Gasteiger partial charge in [-0.15, -0.1) is 0 Å². The summed E-state index contributed by atoms with van der Waals surface area (Å²) >= 11 is 0. The van der Waals surface area contributed by atoms with Gasteiger partial charge in [0.25, 0.3) is 11.6 Å². The van der Waals surface area contributed by atoms with Gasteiger partial charge in [-0.05, 0) is 6.07 Å². The topological polar surface area (TPSA) is 122 Å². The molecule has 0 saturated carbocycles. The zero-order valence-corrected chi connectivity index (χ0v) is 8.99. The van der Waals surface area contributed by atoms with Crippen molar-refractivity contribution in [3.05, 3.63) is 46.5 Å². The summed E-state index contributed by atoms with van der Waals surface area (Å²) in [4.78, 5) is 31.3. The van der Waals surface area contributed by atoms with Crippen LogP contribution in [0.1, 0.15) is 0 Å². The first kappa shape index (κ1) is 13.2. The Morgan fingerprint density at radius 1 is 1.28 bits per heavy atom. The minimum atomic E-state index is -1.27. The van der Waals surface area contributed by atoms with Crippen LogP contribution in [0.3, 0.4) is 0 Å². The summed E-state index contributed by atoms with van der Waals surface area (Å²) in [6, 6.07) is 5.70. The van der Waals surface area contributed by atoms with Crippen LogP contribution >= 0.6 is 0 Å². The Morgan fingerprint density at radius 2 is 1.94 bits per heavy atom. The maximum absolute atomic E-state index is 11.1. The van der Waals surface area contributed by atoms with E-state index in [-0.39, 0.29) is 11.4 Å². The molecule has 1 aromatic rings. The average molecular weight is 251 g/mol. The molecule has 0 atom stereocenters. The number of nitrogens with zero attached hydrogens (tertiary/aromatic N) is 1. The average Bonchev–Trinajstić information content (AvgIpc) is 2.34. The maximum Gasteiger partial charge on any atom is 0.328 e. The second kappa shape index (κ2) is 5.99. The van der Waals surface area contributed by atoms with Crippen molar-refractivity contribution in [2.75, 3.05) is 5.43 Å². The highest BCUT2D eigenvalue weighted by molar-refractivity contribution is 5.94. The molecule has 0 aliphatic heterocycles.